The first kappa shape index (κ1) is 18.4. The van der Waals surface area contributed by atoms with E-state index in [4.69, 9.17) is 0 Å². The van der Waals surface area contributed by atoms with E-state index in [0.717, 1.165) is 23.5 Å². The number of H-pyrrole nitrogens is 1. The highest BCUT2D eigenvalue weighted by Gasteiger charge is 2.14. The number of hydrogen-bond donors (Lipinski definition) is 3. The molecule has 0 aliphatic rings. The Kier molecular flexibility index (Phi) is 5.36. The average molecular weight is 390 g/mol. The standard InChI is InChI=1S/C17H12F2N4O3S/c18-12-4-3-9(6-13(12)19)21-14(24)7-10-8-27-17(22-10)23-16(26)11-2-1-5-20-15(11)25/h1-6,8H,7H2,(H,20,25)(H,21,24)(H,22,23,26). The van der Waals surface area contributed by atoms with E-state index in [-0.39, 0.29) is 22.8 Å². The molecule has 1 aromatic carbocycles. The molecule has 27 heavy (non-hydrogen) atoms. The highest BCUT2D eigenvalue weighted by Crippen LogP contribution is 2.18. The molecule has 3 rings (SSSR count). The van der Waals surface area contributed by atoms with Crippen LogP contribution < -0.4 is 16.2 Å². The zero-order valence-corrected chi connectivity index (χ0v) is 14.4. The maximum absolute atomic E-state index is 13.1. The summed E-state index contributed by atoms with van der Waals surface area (Å²) in [5, 5.41) is 6.70. The Labute approximate surface area is 155 Å². The molecule has 10 heteroatoms. The minimum Gasteiger partial charge on any atom is -0.328 e. The second-order valence-corrected chi connectivity index (χ2v) is 6.22. The molecule has 2 aromatic heterocycles. The van der Waals surface area contributed by atoms with Gasteiger partial charge < -0.3 is 10.3 Å². The number of rotatable bonds is 5. The Bertz CT molecular complexity index is 1060. The maximum atomic E-state index is 13.1. The summed E-state index contributed by atoms with van der Waals surface area (Å²) >= 11 is 1.09. The summed E-state index contributed by atoms with van der Waals surface area (Å²) in [4.78, 5) is 42.1. The molecular weight excluding hydrogens is 378 g/mol. The molecule has 3 N–H and O–H groups in total. The Hall–Kier alpha value is -3.40. The van der Waals surface area contributed by atoms with Crippen LogP contribution in [0.5, 0.6) is 0 Å². The molecule has 7 nitrogen and oxygen atoms in total. The molecule has 0 aliphatic heterocycles. The Morgan fingerprint density at radius 2 is 1.96 bits per heavy atom. The number of hydrogen-bond acceptors (Lipinski definition) is 5. The van der Waals surface area contributed by atoms with Gasteiger partial charge in [-0.2, -0.15) is 0 Å². The van der Waals surface area contributed by atoms with Crippen molar-refractivity contribution in [2.45, 2.75) is 6.42 Å². The van der Waals surface area contributed by atoms with Crippen molar-refractivity contribution in [1.82, 2.24) is 9.97 Å². The van der Waals surface area contributed by atoms with Gasteiger partial charge in [0.25, 0.3) is 11.5 Å². The lowest BCUT2D eigenvalue weighted by Gasteiger charge is -2.04. The summed E-state index contributed by atoms with van der Waals surface area (Å²) in [5.41, 5.74) is -0.105. The number of amides is 2. The van der Waals surface area contributed by atoms with Gasteiger partial charge in [-0.05, 0) is 24.3 Å². The van der Waals surface area contributed by atoms with Gasteiger partial charge in [0.05, 0.1) is 12.1 Å². The topological polar surface area (TPSA) is 104 Å². The Morgan fingerprint density at radius 3 is 2.70 bits per heavy atom. The van der Waals surface area contributed by atoms with Crippen LogP contribution in [-0.4, -0.2) is 21.8 Å². The summed E-state index contributed by atoms with van der Waals surface area (Å²) in [6, 6.07) is 5.91. The molecule has 0 atom stereocenters. The Balaban J connectivity index is 1.61. The number of benzene rings is 1. The van der Waals surface area contributed by atoms with Gasteiger partial charge in [0.15, 0.2) is 16.8 Å². The van der Waals surface area contributed by atoms with Crippen LogP contribution in [-0.2, 0) is 11.2 Å². The van der Waals surface area contributed by atoms with Gasteiger partial charge in [-0.25, -0.2) is 13.8 Å². The van der Waals surface area contributed by atoms with Crippen LogP contribution in [0, 0.1) is 11.6 Å². The van der Waals surface area contributed by atoms with Crippen molar-refractivity contribution in [2.24, 2.45) is 0 Å². The predicted octanol–water partition coefficient (Wildman–Crippen LogP) is 2.54. The van der Waals surface area contributed by atoms with Crippen molar-refractivity contribution in [3.63, 3.8) is 0 Å². The van der Waals surface area contributed by atoms with Gasteiger partial charge >= 0.3 is 0 Å². The minimum absolute atomic E-state index is 0.0645. The molecular formula is C17H12F2N4O3S. The third kappa shape index (κ3) is 4.61. The Morgan fingerprint density at radius 1 is 1.15 bits per heavy atom. The summed E-state index contributed by atoms with van der Waals surface area (Å²) < 4.78 is 26.0. The normalized spacial score (nSPS) is 10.4. The lowest BCUT2D eigenvalue weighted by atomic mass is 10.2. The molecule has 0 radical (unpaired) electrons. The molecule has 0 aliphatic carbocycles. The quantitative estimate of drug-likeness (QED) is 0.623. The molecule has 3 aromatic rings. The fraction of sp³-hybridized carbons (Fsp3) is 0.0588. The molecule has 0 unspecified atom stereocenters. The summed E-state index contributed by atoms with van der Waals surface area (Å²) in [7, 11) is 0. The number of pyridine rings is 1. The van der Waals surface area contributed by atoms with E-state index in [1.54, 1.807) is 5.38 Å². The lowest BCUT2D eigenvalue weighted by Crippen LogP contribution is -2.22. The number of nitrogens with one attached hydrogen (secondary N) is 3. The van der Waals surface area contributed by atoms with Crippen LogP contribution in [0.2, 0.25) is 0 Å². The van der Waals surface area contributed by atoms with Crippen LogP contribution in [0.1, 0.15) is 16.1 Å². The number of carbonyl (C=O) groups excluding carboxylic acids is 2. The summed E-state index contributed by atoms with van der Waals surface area (Å²) in [6.45, 7) is 0. The average Bonchev–Trinajstić information content (AvgIpc) is 3.05. The number of anilines is 2. The van der Waals surface area contributed by atoms with Gasteiger partial charge in [-0.3, -0.25) is 19.7 Å². The van der Waals surface area contributed by atoms with Gasteiger partial charge in [0.1, 0.15) is 5.56 Å². The summed E-state index contributed by atoms with van der Waals surface area (Å²) in [6.07, 6.45) is 1.28. The highest BCUT2D eigenvalue weighted by atomic mass is 32.1. The second-order valence-electron chi connectivity index (χ2n) is 5.36. The fourth-order valence-electron chi connectivity index (χ4n) is 2.15. The first-order valence-electron chi connectivity index (χ1n) is 7.61. The van der Waals surface area contributed by atoms with E-state index in [1.807, 2.05) is 0 Å². The van der Waals surface area contributed by atoms with E-state index < -0.39 is 29.0 Å². The van der Waals surface area contributed by atoms with Crippen molar-refractivity contribution in [2.75, 3.05) is 10.6 Å². The van der Waals surface area contributed by atoms with Crippen molar-refractivity contribution < 1.29 is 18.4 Å². The third-order valence-electron chi connectivity index (χ3n) is 3.38. The van der Waals surface area contributed by atoms with Crippen molar-refractivity contribution >= 4 is 34.0 Å². The highest BCUT2D eigenvalue weighted by molar-refractivity contribution is 7.14. The van der Waals surface area contributed by atoms with E-state index in [2.05, 4.69) is 20.6 Å². The second kappa shape index (κ2) is 7.87. The van der Waals surface area contributed by atoms with E-state index in [1.165, 1.54) is 24.4 Å². The monoisotopic (exact) mass is 390 g/mol. The molecule has 138 valence electrons. The zero-order chi connectivity index (χ0) is 19.4. The van der Waals surface area contributed by atoms with Gasteiger partial charge in [0, 0.05) is 23.3 Å². The number of halogens is 2. The van der Waals surface area contributed by atoms with Crippen molar-refractivity contribution in [1.29, 1.82) is 0 Å². The van der Waals surface area contributed by atoms with E-state index in [0.29, 0.717) is 5.69 Å². The smallest absolute Gasteiger partial charge is 0.263 e. The molecule has 0 spiro atoms. The van der Waals surface area contributed by atoms with E-state index >= 15 is 0 Å². The fourth-order valence-corrected chi connectivity index (χ4v) is 2.86. The number of aromatic nitrogens is 2. The number of thiazole rings is 1. The van der Waals surface area contributed by atoms with Gasteiger partial charge in [-0.1, -0.05) is 0 Å². The predicted molar refractivity (Wildman–Crippen MR) is 95.8 cm³/mol. The van der Waals surface area contributed by atoms with Crippen LogP contribution in [0.4, 0.5) is 19.6 Å². The SMILES string of the molecule is O=C(Cc1csc(NC(=O)c2ccc[nH]c2=O)n1)Nc1ccc(F)c(F)c1. The lowest BCUT2D eigenvalue weighted by molar-refractivity contribution is -0.115. The molecule has 0 saturated heterocycles. The number of carbonyl (C=O) groups is 2. The largest absolute Gasteiger partial charge is 0.328 e. The molecule has 0 bridgehead atoms. The summed E-state index contributed by atoms with van der Waals surface area (Å²) in [5.74, 6) is -3.18. The first-order valence-corrected chi connectivity index (χ1v) is 8.48. The molecule has 0 fully saturated rings. The third-order valence-corrected chi connectivity index (χ3v) is 4.19. The number of nitrogens with zero attached hydrogens (tertiary/aromatic N) is 1. The van der Waals surface area contributed by atoms with Crippen molar-refractivity contribution in [3.05, 3.63) is 75.2 Å². The first-order chi connectivity index (χ1) is 12.9. The van der Waals surface area contributed by atoms with Crippen LogP contribution >= 0.6 is 11.3 Å². The van der Waals surface area contributed by atoms with Gasteiger partial charge in [-0.15, -0.1) is 11.3 Å². The molecule has 2 heterocycles. The zero-order valence-electron chi connectivity index (χ0n) is 13.6. The van der Waals surface area contributed by atoms with E-state index in [9.17, 15) is 23.2 Å². The van der Waals surface area contributed by atoms with Crippen molar-refractivity contribution in [3.8, 4) is 0 Å². The van der Waals surface area contributed by atoms with Crippen LogP contribution in [0.3, 0.4) is 0 Å². The molecule has 0 saturated carbocycles. The van der Waals surface area contributed by atoms with Crippen LogP contribution in [0.25, 0.3) is 0 Å². The van der Waals surface area contributed by atoms with Gasteiger partial charge in [0.2, 0.25) is 5.91 Å². The van der Waals surface area contributed by atoms with Crippen LogP contribution in [0.15, 0.2) is 46.7 Å². The minimum atomic E-state index is -1.07. The number of aromatic amines is 1. The maximum Gasteiger partial charge on any atom is 0.263 e. The molecule has 2 amide bonds.